The van der Waals surface area contributed by atoms with Gasteiger partial charge in [0.15, 0.2) is 23.1 Å². The zero-order chi connectivity index (χ0) is 24.3. The highest BCUT2D eigenvalue weighted by molar-refractivity contribution is 6.22. The molecule has 9 nitrogen and oxygen atoms in total. The fraction of sp³-hybridized carbons (Fsp3) is 0.600. The van der Waals surface area contributed by atoms with E-state index in [0.29, 0.717) is 31.3 Å². The van der Waals surface area contributed by atoms with E-state index in [2.05, 4.69) is 15.1 Å². The molecule has 188 valence electrons. The van der Waals surface area contributed by atoms with Gasteiger partial charge in [0.2, 0.25) is 0 Å². The molecule has 1 aromatic carbocycles. The molecule has 1 aliphatic carbocycles. The lowest BCUT2D eigenvalue weighted by Gasteiger charge is -2.34. The van der Waals surface area contributed by atoms with Crippen molar-refractivity contribution in [2.24, 2.45) is 0 Å². The predicted molar refractivity (Wildman–Crippen MR) is 128 cm³/mol. The number of benzene rings is 1. The number of methoxy groups -OCH3 is 2. The first-order valence-electron chi connectivity index (χ1n) is 11.9. The molecule has 1 saturated heterocycles. The van der Waals surface area contributed by atoms with E-state index in [1.807, 2.05) is 18.2 Å². The Hall–Kier alpha value is -2.46. The van der Waals surface area contributed by atoms with Crippen LogP contribution < -0.4 is 14.8 Å². The van der Waals surface area contributed by atoms with Crippen LogP contribution in [0.4, 0.5) is 0 Å². The Morgan fingerprint density at radius 2 is 1.68 bits per heavy atom. The van der Waals surface area contributed by atoms with Crippen molar-refractivity contribution in [2.45, 2.75) is 18.8 Å². The van der Waals surface area contributed by atoms with Gasteiger partial charge in [0.05, 0.1) is 25.9 Å². The number of carbonyl (C=O) groups is 2. The summed E-state index contributed by atoms with van der Waals surface area (Å²) in [4.78, 5) is 30.1. The van der Waals surface area contributed by atoms with Gasteiger partial charge in [-0.2, -0.15) is 0 Å². The van der Waals surface area contributed by atoms with Gasteiger partial charge in [0, 0.05) is 72.0 Å². The number of aliphatic hydroxyl groups is 1. The normalized spacial score (nSPS) is 19.9. The Labute approximate surface area is 201 Å². The number of Topliss-reactive ketones (excluding diaryl/α,β-unsaturated/α-hetero) is 2. The predicted octanol–water partition coefficient (Wildman–Crippen LogP) is 0.819. The minimum Gasteiger partial charge on any atom is -0.493 e. The molecule has 2 aliphatic rings. The molecule has 0 atom stereocenters. The van der Waals surface area contributed by atoms with Gasteiger partial charge in [-0.3, -0.25) is 19.4 Å². The molecule has 9 heteroatoms. The molecular weight excluding hydrogens is 438 g/mol. The van der Waals surface area contributed by atoms with Crippen LogP contribution in [0.15, 0.2) is 30.0 Å². The number of hydrogen-bond donors (Lipinski definition) is 2. The highest BCUT2D eigenvalue weighted by Gasteiger charge is 2.31. The summed E-state index contributed by atoms with van der Waals surface area (Å²) in [5.41, 5.74) is 1.15. The van der Waals surface area contributed by atoms with Crippen molar-refractivity contribution in [2.75, 3.05) is 79.9 Å². The average molecular weight is 476 g/mol. The molecule has 3 rings (SSSR count). The second kappa shape index (κ2) is 13.4. The topological polar surface area (TPSA) is 101 Å². The summed E-state index contributed by atoms with van der Waals surface area (Å²) >= 11 is 0. The molecule has 1 heterocycles. The monoisotopic (exact) mass is 475 g/mol. The van der Waals surface area contributed by atoms with E-state index < -0.39 is 0 Å². The Balaban J connectivity index is 1.51. The van der Waals surface area contributed by atoms with Gasteiger partial charge in [0.1, 0.15) is 6.61 Å². The molecule has 0 spiro atoms. The molecule has 2 N–H and O–H groups in total. The maximum atomic E-state index is 12.8. The lowest BCUT2D eigenvalue weighted by atomic mass is 9.80. The molecule has 1 aliphatic heterocycles. The van der Waals surface area contributed by atoms with E-state index in [1.165, 1.54) is 0 Å². The number of nitrogens with zero attached hydrogens (tertiary/aromatic N) is 2. The van der Waals surface area contributed by atoms with Crippen molar-refractivity contribution >= 4 is 11.6 Å². The number of aliphatic hydroxyl groups excluding tert-OH is 1. The highest BCUT2D eigenvalue weighted by atomic mass is 16.5. The number of ketones is 2. The minimum absolute atomic E-state index is 0.135. The maximum Gasteiger partial charge on any atom is 0.168 e. The summed E-state index contributed by atoms with van der Waals surface area (Å²) < 4.78 is 16.1. The van der Waals surface area contributed by atoms with Crippen LogP contribution in [0.5, 0.6) is 11.5 Å². The minimum atomic E-state index is -0.178. The van der Waals surface area contributed by atoms with Crippen LogP contribution in [0.3, 0.4) is 0 Å². The van der Waals surface area contributed by atoms with Gasteiger partial charge in [-0.15, -0.1) is 0 Å². The summed E-state index contributed by atoms with van der Waals surface area (Å²) in [6, 6.07) is 5.55. The van der Waals surface area contributed by atoms with Crippen LogP contribution in [0, 0.1) is 0 Å². The van der Waals surface area contributed by atoms with Crippen LogP contribution in [0.1, 0.15) is 24.3 Å². The SMILES string of the molecule is COCCOc1cc(C2CC(=O)C(=CNCCN3CCN(CCO)CC3)C(=O)C2)ccc1OC. The molecule has 1 saturated carbocycles. The van der Waals surface area contributed by atoms with E-state index in [-0.39, 0.29) is 42.5 Å². The van der Waals surface area contributed by atoms with Gasteiger partial charge < -0.3 is 24.6 Å². The number of rotatable bonds is 12. The Morgan fingerprint density at radius 1 is 1.00 bits per heavy atom. The summed E-state index contributed by atoms with van der Waals surface area (Å²) in [6.07, 6.45) is 2.17. The lowest BCUT2D eigenvalue weighted by Crippen LogP contribution is -2.48. The van der Waals surface area contributed by atoms with E-state index in [0.717, 1.165) is 44.8 Å². The molecule has 2 fully saturated rings. The molecule has 0 bridgehead atoms. The molecule has 0 aromatic heterocycles. The molecule has 0 unspecified atom stereocenters. The van der Waals surface area contributed by atoms with Gasteiger partial charge in [-0.25, -0.2) is 0 Å². The molecule has 0 amide bonds. The first kappa shape index (κ1) is 26.2. The van der Waals surface area contributed by atoms with Crippen molar-refractivity contribution in [3.05, 3.63) is 35.5 Å². The van der Waals surface area contributed by atoms with Gasteiger partial charge >= 0.3 is 0 Å². The fourth-order valence-electron chi connectivity index (χ4n) is 4.36. The number of β-amino-alcohol motifs (C(OH)–C–C–N with tert-alkyl or cyclic N) is 1. The number of hydrogen-bond acceptors (Lipinski definition) is 9. The van der Waals surface area contributed by atoms with Crippen LogP contribution in [-0.2, 0) is 14.3 Å². The van der Waals surface area contributed by atoms with E-state index in [4.69, 9.17) is 19.3 Å². The van der Waals surface area contributed by atoms with E-state index in [9.17, 15) is 9.59 Å². The third-order valence-corrected chi connectivity index (χ3v) is 6.37. The third-order valence-electron chi connectivity index (χ3n) is 6.37. The van der Waals surface area contributed by atoms with Gasteiger partial charge in [-0.05, 0) is 23.6 Å². The first-order chi connectivity index (χ1) is 16.5. The average Bonchev–Trinajstić information content (AvgIpc) is 2.84. The van der Waals surface area contributed by atoms with Crippen LogP contribution >= 0.6 is 0 Å². The van der Waals surface area contributed by atoms with Crippen molar-refractivity contribution in [1.82, 2.24) is 15.1 Å². The van der Waals surface area contributed by atoms with Crippen LogP contribution in [-0.4, -0.2) is 106 Å². The van der Waals surface area contributed by atoms with E-state index >= 15 is 0 Å². The van der Waals surface area contributed by atoms with Crippen molar-refractivity contribution in [3.63, 3.8) is 0 Å². The Bertz CT molecular complexity index is 831. The molecule has 0 radical (unpaired) electrons. The summed E-state index contributed by atoms with van der Waals surface area (Å²) in [5, 5.41) is 12.2. The summed E-state index contributed by atoms with van der Waals surface area (Å²) in [6.45, 7) is 7.09. The Morgan fingerprint density at radius 3 is 2.29 bits per heavy atom. The number of ether oxygens (including phenoxy) is 3. The van der Waals surface area contributed by atoms with Crippen LogP contribution in [0.2, 0.25) is 0 Å². The second-order valence-corrected chi connectivity index (χ2v) is 8.62. The molecule has 1 aromatic rings. The van der Waals surface area contributed by atoms with Crippen molar-refractivity contribution in [1.29, 1.82) is 0 Å². The zero-order valence-electron chi connectivity index (χ0n) is 20.3. The number of allylic oxidation sites excluding steroid dienone is 1. The standard InChI is InChI=1S/C25H37N3O6/c1-32-13-14-34-25-17-19(3-4-24(25)33-2)20-15-22(30)21(23(31)16-20)18-26-5-6-27-7-9-28(10-8-27)11-12-29/h3-4,17-18,20,26,29H,5-16H2,1-2H3. The largest absolute Gasteiger partial charge is 0.493 e. The number of piperazine rings is 1. The van der Waals surface area contributed by atoms with Gasteiger partial charge in [-0.1, -0.05) is 6.07 Å². The lowest BCUT2D eigenvalue weighted by molar-refractivity contribution is -0.124. The zero-order valence-corrected chi connectivity index (χ0v) is 20.3. The summed E-state index contributed by atoms with van der Waals surface area (Å²) in [7, 11) is 3.18. The van der Waals surface area contributed by atoms with E-state index in [1.54, 1.807) is 20.4 Å². The van der Waals surface area contributed by atoms with Gasteiger partial charge in [0.25, 0.3) is 0 Å². The quantitative estimate of drug-likeness (QED) is 0.258. The first-order valence-corrected chi connectivity index (χ1v) is 11.9. The van der Waals surface area contributed by atoms with Crippen molar-refractivity contribution in [3.8, 4) is 11.5 Å². The van der Waals surface area contributed by atoms with Crippen LogP contribution in [0.25, 0.3) is 0 Å². The summed E-state index contributed by atoms with van der Waals surface area (Å²) in [5.74, 6) is 0.737. The number of carbonyl (C=O) groups excluding carboxylic acids is 2. The third kappa shape index (κ3) is 7.27. The second-order valence-electron chi connectivity index (χ2n) is 8.62. The van der Waals surface area contributed by atoms with Crippen molar-refractivity contribution < 1.29 is 28.9 Å². The fourth-order valence-corrected chi connectivity index (χ4v) is 4.36. The smallest absolute Gasteiger partial charge is 0.168 e. The molecule has 34 heavy (non-hydrogen) atoms. The number of nitrogens with one attached hydrogen (secondary N) is 1. The highest BCUT2D eigenvalue weighted by Crippen LogP contribution is 2.36. The Kier molecular flexibility index (Phi) is 10.3. The molecular formula is C25H37N3O6. The maximum absolute atomic E-state index is 12.8.